The monoisotopic (exact) mass is 793 g/mol. The van der Waals surface area contributed by atoms with Crippen molar-refractivity contribution in [3.63, 3.8) is 0 Å². The molecule has 0 atom stereocenters. The summed E-state index contributed by atoms with van der Waals surface area (Å²) in [6.07, 6.45) is 0. The highest BCUT2D eigenvalue weighted by molar-refractivity contribution is 7.99. The zero-order chi connectivity index (χ0) is 40.3. The van der Waals surface area contributed by atoms with Gasteiger partial charge < -0.3 is 4.90 Å². The van der Waals surface area contributed by atoms with Gasteiger partial charge in [-0.25, -0.2) is 0 Å². The van der Waals surface area contributed by atoms with Gasteiger partial charge in [-0.15, -0.1) is 0 Å². The Morgan fingerprint density at radius 3 is 1.39 bits per heavy atom. The molecule has 286 valence electrons. The molecule has 0 unspecified atom stereocenters. The highest BCUT2D eigenvalue weighted by atomic mass is 32.2. The van der Waals surface area contributed by atoms with Crippen LogP contribution in [0.2, 0.25) is 0 Å². The zero-order valence-corrected chi connectivity index (χ0v) is 34.2. The molecule has 1 aliphatic heterocycles. The number of benzene rings is 10. The summed E-state index contributed by atoms with van der Waals surface area (Å²) in [5, 5.41) is 2.50. The van der Waals surface area contributed by atoms with Gasteiger partial charge >= 0.3 is 0 Å². The highest BCUT2D eigenvalue weighted by Crippen LogP contribution is 2.62. The Balaban J connectivity index is 1.05. The summed E-state index contributed by atoms with van der Waals surface area (Å²) < 4.78 is 0. The average Bonchev–Trinajstić information content (AvgIpc) is 3.62. The smallest absolute Gasteiger partial charge is 0.0735 e. The molecule has 0 bridgehead atoms. The third-order valence-electron chi connectivity index (χ3n) is 12.8. The fourth-order valence-corrected chi connectivity index (χ4v) is 11.3. The van der Waals surface area contributed by atoms with E-state index in [1.807, 2.05) is 11.8 Å². The van der Waals surface area contributed by atoms with Crippen molar-refractivity contribution in [2.45, 2.75) is 15.2 Å². The van der Waals surface area contributed by atoms with Crippen molar-refractivity contribution in [2.24, 2.45) is 0 Å². The van der Waals surface area contributed by atoms with Gasteiger partial charge in [0, 0.05) is 26.7 Å². The summed E-state index contributed by atoms with van der Waals surface area (Å²) in [5.74, 6) is 0. The van der Waals surface area contributed by atoms with Gasteiger partial charge in [0.05, 0.1) is 11.1 Å². The fourth-order valence-electron chi connectivity index (χ4n) is 10.2. The molecule has 1 aliphatic carbocycles. The van der Waals surface area contributed by atoms with Gasteiger partial charge in [0.25, 0.3) is 0 Å². The van der Waals surface area contributed by atoms with Gasteiger partial charge in [0.1, 0.15) is 0 Å². The molecule has 2 heteroatoms. The number of rotatable bonds is 6. The van der Waals surface area contributed by atoms with Crippen molar-refractivity contribution >= 4 is 39.6 Å². The van der Waals surface area contributed by atoms with Crippen LogP contribution >= 0.6 is 11.8 Å². The largest absolute Gasteiger partial charge is 0.310 e. The molecule has 1 nitrogen and oxygen atoms in total. The molecule has 0 radical (unpaired) electrons. The summed E-state index contributed by atoms with van der Waals surface area (Å²) in [5.41, 5.74) is 18.1. The molecule has 10 aromatic carbocycles. The summed E-state index contributed by atoms with van der Waals surface area (Å²) in [6, 6.07) is 87.2. The first-order valence-electron chi connectivity index (χ1n) is 21.0. The Bertz CT molecular complexity index is 3230. The normalized spacial score (nSPS) is 13.0. The molecule has 0 N–H and O–H groups in total. The van der Waals surface area contributed by atoms with E-state index < -0.39 is 5.41 Å². The number of hydrogen-bond acceptors (Lipinski definition) is 2. The average molecular weight is 794 g/mol. The van der Waals surface area contributed by atoms with Crippen LogP contribution in [-0.4, -0.2) is 0 Å². The van der Waals surface area contributed by atoms with Crippen LogP contribution in [0.5, 0.6) is 0 Å². The predicted molar refractivity (Wildman–Crippen MR) is 256 cm³/mol. The van der Waals surface area contributed by atoms with E-state index in [2.05, 4.69) is 241 Å². The number of fused-ring (bicyclic) bond motifs is 10. The van der Waals surface area contributed by atoms with Crippen LogP contribution in [0.3, 0.4) is 0 Å². The Hall–Kier alpha value is -7.39. The van der Waals surface area contributed by atoms with E-state index in [0.29, 0.717) is 0 Å². The maximum Gasteiger partial charge on any atom is 0.0735 e. The molecule has 2 aliphatic rings. The van der Waals surface area contributed by atoms with Gasteiger partial charge in [-0.2, -0.15) is 0 Å². The molecule has 1 spiro atoms. The second-order valence-corrected chi connectivity index (χ2v) is 17.0. The van der Waals surface area contributed by atoms with Crippen LogP contribution in [0, 0.1) is 0 Å². The van der Waals surface area contributed by atoms with Gasteiger partial charge in [0.15, 0.2) is 0 Å². The Morgan fingerprint density at radius 2 is 0.754 bits per heavy atom. The molecule has 0 aromatic heterocycles. The first-order chi connectivity index (χ1) is 30.3. The molecule has 0 fully saturated rings. The Labute approximate surface area is 361 Å². The summed E-state index contributed by atoms with van der Waals surface area (Å²) in [7, 11) is 0. The van der Waals surface area contributed by atoms with E-state index in [1.165, 1.54) is 87.3 Å². The van der Waals surface area contributed by atoms with Crippen LogP contribution in [-0.2, 0) is 5.41 Å². The van der Waals surface area contributed by atoms with E-state index in [-0.39, 0.29) is 0 Å². The van der Waals surface area contributed by atoms with E-state index >= 15 is 0 Å². The van der Waals surface area contributed by atoms with E-state index in [1.54, 1.807) is 0 Å². The molecule has 0 saturated carbocycles. The van der Waals surface area contributed by atoms with Gasteiger partial charge in [-0.1, -0.05) is 206 Å². The number of nitrogens with zero attached hydrogens (tertiary/aromatic N) is 1. The SMILES string of the molecule is c1ccc(-c2ccccc2N(c2ccc(-c3ccc(-c4ccccc4)c4ccccc34)cc2)c2ccc3c(c2)-c2ccccc2C32c3ccccc3Sc3ccccc32)cc1. The summed E-state index contributed by atoms with van der Waals surface area (Å²) >= 11 is 1.89. The maximum absolute atomic E-state index is 2.45. The lowest BCUT2D eigenvalue weighted by Gasteiger charge is -2.39. The Kier molecular flexibility index (Phi) is 8.40. The van der Waals surface area contributed by atoms with Gasteiger partial charge in [-0.3, -0.25) is 0 Å². The standard InChI is InChI=1S/C59H39NS/c1-3-17-40(18-4-1)45-36-37-46(49-23-8-7-22-48(45)49)42-31-33-43(34-32-42)60(56-28-14-10-21-47(56)41-19-5-2-6-20-41)44-35-38-53-51(39-44)50-24-9-11-25-52(50)59(53)54-26-12-15-29-57(54)61-58-30-16-13-27-55(58)59/h1-39H. The number of anilines is 3. The number of para-hydroxylation sites is 1. The van der Waals surface area contributed by atoms with Crippen molar-refractivity contribution in [3.8, 4) is 44.5 Å². The minimum Gasteiger partial charge on any atom is -0.310 e. The van der Waals surface area contributed by atoms with Crippen molar-refractivity contribution in [3.05, 3.63) is 259 Å². The maximum atomic E-state index is 2.45. The quantitative estimate of drug-likeness (QED) is 0.165. The molecular weight excluding hydrogens is 755 g/mol. The van der Waals surface area contributed by atoms with E-state index in [0.717, 1.165) is 17.1 Å². The van der Waals surface area contributed by atoms with Crippen molar-refractivity contribution in [1.29, 1.82) is 0 Å². The summed E-state index contributed by atoms with van der Waals surface area (Å²) in [4.78, 5) is 5.08. The fraction of sp³-hybridized carbons (Fsp3) is 0.0169. The predicted octanol–water partition coefficient (Wildman–Crippen LogP) is 16.1. The number of hydrogen-bond donors (Lipinski definition) is 0. The third kappa shape index (κ3) is 5.57. The van der Waals surface area contributed by atoms with E-state index in [9.17, 15) is 0 Å². The molecule has 61 heavy (non-hydrogen) atoms. The molecular formula is C59H39NS. The summed E-state index contributed by atoms with van der Waals surface area (Å²) in [6.45, 7) is 0. The zero-order valence-electron chi connectivity index (χ0n) is 33.4. The minimum absolute atomic E-state index is 0.420. The minimum atomic E-state index is -0.420. The third-order valence-corrected chi connectivity index (χ3v) is 13.9. The second-order valence-electron chi connectivity index (χ2n) is 16.0. The van der Waals surface area contributed by atoms with Gasteiger partial charge in [0.2, 0.25) is 0 Å². The van der Waals surface area contributed by atoms with Crippen LogP contribution in [0.4, 0.5) is 17.1 Å². The molecule has 0 saturated heterocycles. The molecule has 12 rings (SSSR count). The van der Waals surface area contributed by atoms with Crippen LogP contribution < -0.4 is 4.90 Å². The first kappa shape index (κ1) is 35.5. The lowest BCUT2D eigenvalue weighted by atomic mass is 9.67. The van der Waals surface area contributed by atoms with Crippen LogP contribution in [0.25, 0.3) is 55.3 Å². The van der Waals surface area contributed by atoms with E-state index in [4.69, 9.17) is 0 Å². The Morgan fingerprint density at radius 1 is 0.295 bits per heavy atom. The first-order valence-corrected chi connectivity index (χ1v) is 21.8. The lowest BCUT2D eigenvalue weighted by Crippen LogP contribution is -2.31. The van der Waals surface area contributed by atoms with Crippen LogP contribution in [0.15, 0.2) is 246 Å². The molecule has 0 amide bonds. The van der Waals surface area contributed by atoms with Crippen molar-refractivity contribution in [1.82, 2.24) is 0 Å². The van der Waals surface area contributed by atoms with Crippen LogP contribution in [0.1, 0.15) is 22.3 Å². The van der Waals surface area contributed by atoms with Crippen molar-refractivity contribution in [2.75, 3.05) is 4.90 Å². The van der Waals surface area contributed by atoms with Gasteiger partial charge in [-0.05, 0) is 114 Å². The highest BCUT2D eigenvalue weighted by Gasteiger charge is 2.50. The molecule has 10 aromatic rings. The van der Waals surface area contributed by atoms with Crippen molar-refractivity contribution < 1.29 is 0 Å². The second kappa shape index (κ2) is 14.4. The molecule has 1 heterocycles. The topological polar surface area (TPSA) is 3.24 Å². The lowest BCUT2D eigenvalue weighted by molar-refractivity contribution is 0.722.